The molecule has 2 heterocycles. The molecule has 0 saturated heterocycles. The van der Waals surface area contributed by atoms with E-state index in [9.17, 15) is 18.0 Å². The van der Waals surface area contributed by atoms with Crippen molar-refractivity contribution in [3.05, 3.63) is 77.2 Å². The number of nitrogens with zero attached hydrogens (tertiary/aromatic N) is 4. The van der Waals surface area contributed by atoms with Gasteiger partial charge in [-0.2, -0.15) is 22.7 Å². The van der Waals surface area contributed by atoms with Crippen molar-refractivity contribution in [1.82, 2.24) is 24.9 Å². The molecule has 0 aliphatic rings. The molecule has 0 saturated carbocycles. The summed E-state index contributed by atoms with van der Waals surface area (Å²) in [4.78, 5) is 20.7. The maximum Gasteiger partial charge on any atom is 0.433 e. The van der Waals surface area contributed by atoms with Crippen LogP contribution in [0.1, 0.15) is 27.4 Å². The predicted molar refractivity (Wildman–Crippen MR) is 110 cm³/mol. The number of nitrogens with one attached hydrogen (secondary N) is 1. The van der Waals surface area contributed by atoms with E-state index in [-0.39, 0.29) is 18.0 Å². The van der Waals surface area contributed by atoms with Crippen molar-refractivity contribution in [2.45, 2.75) is 19.6 Å². The maximum absolute atomic E-state index is 13.7. The predicted octanol–water partition coefficient (Wildman–Crippen LogP) is 4.06. The highest BCUT2D eigenvalue weighted by Crippen LogP contribution is 2.32. The van der Waals surface area contributed by atoms with Gasteiger partial charge in [0, 0.05) is 17.7 Å². The number of hydrogen-bond acceptors (Lipinski definition) is 5. The van der Waals surface area contributed by atoms with E-state index in [2.05, 4.69) is 20.4 Å². The molecule has 0 unspecified atom stereocenters. The Morgan fingerprint density at radius 3 is 2.50 bits per heavy atom. The normalized spacial score (nSPS) is 11.5. The molecule has 4 rings (SSSR count). The molecule has 2 aromatic heterocycles. The van der Waals surface area contributed by atoms with E-state index in [0.29, 0.717) is 21.4 Å². The molecule has 32 heavy (non-hydrogen) atoms. The van der Waals surface area contributed by atoms with Gasteiger partial charge < -0.3 is 10.1 Å². The summed E-state index contributed by atoms with van der Waals surface area (Å²) in [5.41, 5.74) is 1.16. The Kier molecular flexibility index (Phi) is 5.52. The van der Waals surface area contributed by atoms with E-state index >= 15 is 0 Å². The Morgan fingerprint density at radius 1 is 1.09 bits per heavy atom. The van der Waals surface area contributed by atoms with Crippen molar-refractivity contribution >= 4 is 11.7 Å². The molecule has 1 N–H and O–H groups in total. The van der Waals surface area contributed by atoms with E-state index in [1.807, 2.05) is 6.92 Å². The second-order valence-corrected chi connectivity index (χ2v) is 7.03. The van der Waals surface area contributed by atoms with Crippen molar-refractivity contribution in [3.8, 4) is 17.0 Å². The zero-order valence-corrected chi connectivity index (χ0v) is 17.1. The van der Waals surface area contributed by atoms with Crippen LogP contribution in [-0.4, -0.2) is 32.6 Å². The number of hydrogen-bond donors (Lipinski definition) is 1. The van der Waals surface area contributed by atoms with Gasteiger partial charge >= 0.3 is 6.18 Å². The molecule has 164 valence electrons. The van der Waals surface area contributed by atoms with Gasteiger partial charge in [0.25, 0.3) is 11.7 Å². The number of para-hydroxylation sites is 1. The molecule has 0 spiro atoms. The lowest BCUT2D eigenvalue weighted by molar-refractivity contribution is -0.142. The molecule has 0 radical (unpaired) electrons. The summed E-state index contributed by atoms with van der Waals surface area (Å²) in [5, 5.41) is 6.36. The number of methoxy groups -OCH3 is 1. The third kappa shape index (κ3) is 4.25. The first-order valence-electron chi connectivity index (χ1n) is 9.58. The highest BCUT2D eigenvalue weighted by atomic mass is 19.4. The molecule has 1 amide bonds. The number of rotatable bonds is 5. The van der Waals surface area contributed by atoms with Gasteiger partial charge in [-0.1, -0.05) is 48.0 Å². The minimum atomic E-state index is -4.72. The summed E-state index contributed by atoms with van der Waals surface area (Å²) < 4.78 is 46.9. The molecule has 0 bridgehead atoms. The largest absolute Gasteiger partial charge is 0.496 e. The van der Waals surface area contributed by atoms with Gasteiger partial charge in [-0.3, -0.25) is 4.79 Å². The fraction of sp³-hybridized carbons (Fsp3) is 0.182. The lowest BCUT2D eigenvalue weighted by Crippen LogP contribution is -2.24. The Balaban J connectivity index is 1.69. The Hall–Kier alpha value is -3.95. The quantitative estimate of drug-likeness (QED) is 0.505. The number of halogens is 3. The molecular weight excluding hydrogens is 423 g/mol. The molecule has 7 nitrogen and oxygen atoms in total. The molecule has 2 aromatic carbocycles. The van der Waals surface area contributed by atoms with Gasteiger partial charge in [0.15, 0.2) is 5.69 Å². The second-order valence-electron chi connectivity index (χ2n) is 7.03. The minimum absolute atomic E-state index is 0.0817. The van der Waals surface area contributed by atoms with E-state index in [4.69, 9.17) is 4.74 Å². The monoisotopic (exact) mass is 441 g/mol. The van der Waals surface area contributed by atoms with Crippen LogP contribution in [0.4, 0.5) is 13.2 Å². The SMILES string of the molecule is COc1ccccc1CNC(=O)c1nc2nc(-c3ccc(C)cc3)cc(C(F)(F)F)n2n1. The van der Waals surface area contributed by atoms with Crippen molar-refractivity contribution in [1.29, 1.82) is 0 Å². The third-order valence-electron chi connectivity index (χ3n) is 4.78. The first-order valence-corrected chi connectivity index (χ1v) is 9.58. The number of aromatic nitrogens is 4. The number of amides is 1. The summed E-state index contributed by atoms with van der Waals surface area (Å²) in [6, 6.07) is 14.8. The van der Waals surface area contributed by atoms with E-state index < -0.39 is 23.6 Å². The van der Waals surface area contributed by atoms with Crippen molar-refractivity contribution in [2.24, 2.45) is 0 Å². The smallest absolute Gasteiger partial charge is 0.433 e. The Morgan fingerprint density at radius 2 is 1.81 bits per heavy atom. The first kappa shape index (κ1) is 21.3. The van der Waals surface area contributed by atoms with E-state index in [0.717, 1.165) is 11.6 Å². The number of aryl methyl sites for hydroxylation is 1. The average Bonchev–Trinajstić information content (AvgIpc) is 3.21. The highest BCUT2D eigenvalue weighted by molar-refractivity contribution is 5.90. The van der Waals surface area contributed by atoms with E-state index in [1.54, 1.807) is 48.5 Å². The van der Waals surface area contributed by atoms with Crippen LogP contribution < -0.4 is 10.1 Å². The van der Waals surface area contributed by atoms with E-state index in [1.165, 1.54) is 7.11 Å². The van der Waals surface area contributed by atoms with Crippen LogP contribution in [-0.2, 0) is 12.7 Å². The molecule has 4 aromatic rings. The second kappa shape index (κ2) is 8.29. The van der Waals surface area contributed by atoms with Gasteiger partial charge in [0.2, 0.25) is 5.82 Å². The number of fused-ring (bicyclic) bond motifs is 1. The van der Waals surface area contributed by atoms with Crippen molar-refractivity contribution in [3.63, 3.8) is 0 Å². The van der Waals surface area contributed by atoms with Gasteiger partial charge in [-0.05, 0) is 19.1 Å². The highest BCUT2D eigenvalue weighted by Gasteiger charge is 2.36. The van der Waals surface area contributed by atoms with Gasteiger partial charge in [0.1, 0.15) is 5.75 Å². The van der Waals surface area contributed by atoms with Crippen LogP contribution in [0.5, 0.6) is 5.75 Å². The molecule has 0 aliphatic heterocycles. The summed E-state index contributed by atoms with van der Waals surface area (Å²) in [6.45, 7) is 1.96. The standard InChI is InChI=1S/C22H18F3N5O2/c1-13-7-9-14(10-8-13)16-11-18(22(23,24)25)30-21(27-16)28-19(29-30)20(31)26-12-15-5-3-4-6-17(15)32-2/h3-11H,12H2,1-2H3,(H,26,31). The number of carbonyl (C=O) groups is 1. The Bertz CT molecular complexity index is 1280. The van der Waals surface area contributed by atoms with Crippen LogP contribution in [0.3, 0.4) is 0 Å². The summed E-state index contributed by atoms with van der Waals surface area (Å²) in [6.07, 6.45) is -4.72. The summed E-state index contributed by atoms with van der Waals surface area (Å²) in [5.74, 6) is -0.900. The number of benzene rings is 2. The summed E-state index contributed by atoms with van der Waals surface area (Å²) in [7, 11) is 1.50. The molecule has 0 fully saturated rings. The Labute approximate surface area is 180 Å². The van der Waals surface area contributed by atoms with Crippen LogP contribution in [0.15, 0.2) is 54.6 Å². The average molecular weight is 441 g/mol. The fourth-order valence-electron chi connectivity index (χ4n) is 3.14. The van der Waals surface area contributed by atoms with Gasteiger partial charge in [-0.15, -0.1) is 5.10 Å². The topological polar surface area (TPSA) is 81.4 Å². The first-order chi connectivity index (χ1) is 15.3. The van der Waals surface area contributed by atoms with Gasteiger partial charge in [0.05, 0.1) is 12.8 Å². The minimum Gasteiger partial charge on any atom is -0.496 e. The molecule has 0 aliphatic carbocycles. The zero-order chi connectivity index (χ0) is 22.9. The molecule has 10 heteroatoms. The van der Waals surface area contributed by atoms with Crippen molar-refractivity contribution in [2.75, 3.05) is 7.11 Å². The van der Waals surface area contributed by atoms with Gasteiger partial charge in [-0.25, -0.2) is 4.98 Å². The molecular formula is C22H18F3N5O2. The zero-order valence-electron chi connectivity index (χ0n) is 17.1. The summed E-state index contributed by atoms with van der Waals surface area (Å²) >= 11 is 0. The maximum atomic E-state index is 13.7. The van der Waals surface area contributed by atoms with Crippen LogP contribution in [0.2, 0.25) is 0 Å². The lowest BCUT2D eigenvalue weighted by atomic mass is 10.1. The van der Waals surface area contributed by atoms with Crippen molar-refractivity contribution < 1.29 is 22.7 Å². The van der Waals surface area contributed by atoms with Crippen LogP contribution in [0.25, 0.3) is 17.0 Å². The fourth-order valence-corrected chi connectivity index (χ4v) is 3.14. The lowest BCUT2D eigenvalue weighted by Gasteiger charge is -2.10. The van der Waals surface area contributed by atoms with Crippen LogP contribution >= 0.6 is 0 Å². The number of carbonyl (C=O) groups excluding carboxylic acids is 1. The number of alkyl halides is 3. The third-order valence-corrected chi connectivity index (χ3v) is 4.78. The number of ether oxygens (including phenoxy) is 1. The molecule has 0 atom stereocenters. The van der Waals surface area contributed by atoms with Crippen LogP contribution in [0, 0.1) is 6.92 Å².